The predicted octanol–water partition coefficient (Wildman–Crippen LogP) is -1.40. The number of anilines is 1. The van der Waals surface area contributed by atoms with Crippen LogP contribution in [0.5, 0.6) is 0 Å². The van der Waals surface area contributed by atoms with Crippen molar-refractivity contribution in [2.45, 2.75) is 0 Å². The Bertz CT molecular complexity index is 982. The third kappa shape index (κ3) is 6.33. The molecule has 0 radical (unpaired) electrons. The van der Waals surface area contributed by atoms with Crippen LogP contribution in [-0.2, 0) is 0 Å². The Morgan fingerprint density at radius 1 is 0.710 bits per heavy atom. The van der Waals surface area contributed by atoms with Crippen molar-refractivity contribution < 1.29 is 29.4 Å². The van der Waals surface area contributed by atoms with Crippen molar-refractivity contribution >= 4 is 22.7 Å². The molecule has 166 valence electrons. The smallest absolute Gasteiger partial charge is 0.199 e. The summed E-state index contributed by atoms with van der Waals surface area (Å²) in [7, 11) is 14.9. The van der Waals surface area contributed by atoms with Crippen molar-refractivity contribution in [3.8, 4) is 0 Å². The molecule has 3 nitrogen and oxygen atoms in total. The highest BCUT2D eigenvalue weighted by Crippen LogP contribution is 2.32. The van der Waals surface area contributed by atoms with Crippen molar-refractivity contribution in [3.05, 3.63) is 89.5 Å². The molecule has 0 unspecified atom stereocenters. The van der Waals surface area contributed by atoms with E-state index in [1.165, 1.54) is 39.4 Å². The molecule has 3 rings (SSSR count). The van der Waals surface area contributed by atoms with Crippen LogP contribution in [0.4, 0.5) is 11.4 Å². The highest BCUT2D eigenvalue weighted by molar-refractivity contribution is 6.04. The van der Waals surface area contributed by atoms with Gasteiger partial charge < -0.3 is 29.7 Å². The van der Waals surface area contributed by atoms with Crippen LogP contribution in [0, 0.1) is 0 Å². The number of hydrogen-bond donors (Lipinski definition) is 0. The van der Waals surface area contributed by atoms with Crippen LogP contribution in [0.2, 0.25) is 0 Å². The van der Waals surface area contributed by atoms with E-state index in [-0.39, 0.29) is 24.8 Å². The van der Waals surface area contributed by atoms with E-state index in [9.17, 15) is 0 Å². The van der Waals surface area contributed by atoms with Crippen LogP contribution in [0.3, 0.4) is 0 Å². The van der Waals surface area contributed by atoms with E-state index in [0.717, 1.165) is 4.48 Å². The predicted molar refractivity (Wildman–Crippen MR) is 128 cm³/mol. The summed E-state index contributed by atoms with van der Waals surface area (Å²) < 4.78 is 2.94. The first-order valence-corrected chi connectivity index (χ1v) is 10.0. The third-order valence-electron chi connectivity index (χ3n) is 5.28. The highest BCUT2D eigenvalue weighted by atomic mass is 35.5. The summed E-state index contributed by atoms with van der Waals surface area (Å²) in [6.45, 7) is 0. The van der Waals surface area contributed by atoms with Gasteiger partial charge >= 0.3 is 0 Å². The maximum atomic E-state index is 2.24. The molecular formula is C26H33Cl2N3. The zero-order valence-electron chi connectivity index (χ0n) is 19.5. The Morgan fingerprint density at radius 3 is 1.55 bits per heavy atom. The second-order valence-electron chi connectivity index (χ2n) is 8.82. The van der Waals surface area contributed by atoms with Crippen LogP contribution < -0.4 is 34.2 Å². The van der Waals surface area contributed by atoms with Gasteiger partial charge in [0.2, 0.25) is 0 Å². The Labute approximate surface area is 200 Å². The fraction of sp³-hybridized carbons (Fsp3) is 0.269. The fourth-order valence-corrected chi connectivity index (χ4v) is 3.43. The van der Waals surface area contributed by atoms with Crippen LogP contribution in [0.25, 0.3) is 5.57 Å². The standard InChI is InChI=1S/C26H33N3.2ClH/c1-27(2)23-14-8-20(9-15-23)26(21-10-16-24(17-11-21)28(3)4)22-12-18-25(19-13-22)29(5,6)7;;/h8-19H,1-7H3;2*1H/q+2;;/p-2. The molecule has 1 aliphatic rings. The molecule has 0 aromatic heterocycles. The zero-order chi connectivity index (χ0) is 21.2. The lowest BCUT2D eigenvalue weighted by Crippen LogP contribution is -3.00. The number of nitrogens with zero attached hydrogens (tertiary/aromatic N) is 3. The number of halogens is 2. The number of quaternary nitrogens is 1. The summed E-state index contributed by atoms with van der Waals surface area (Å²) in [5.41, 5.74) is 8.65. The van der Waals surface area contributed by atoms with Gasteiger partial charge in [-0.1, -0.05) is 12.1 Å². The maximum Gasteiger partial charge on any atom is 0.199 e. The normalized spacial score (nSPS) is 12.7. The first-order chi connectivity index (χ1) is 13.7. The summed E-state index contributed by atoms with van der Waals surface area (Å²) in [5, 5.41) is 0. The molecule has 31 heavy (non-hydrogen) atoms. The van der Waals surface area contributed by atoms with Gasteiger partial charge in [-0.25, -0.2) is 4.58 Å². The van der Waals surface area contributed by atoms with Gasteiger partial charge in [0.1, 0.15) is 19.8 Å². The summed E-state index contributed by atoms with van der Waals surface area (Å²) in [5.74, 6) is 0. The van der Waals surface area contributed by atoms with Crippen molar-refractivity contribution in [2.75, 3.05) is 54.2 Å². The second-order valence-corrected chi connectivity index (χ2v) is 8.82. The minimum absolute atomic E-state index is 0. The van der Waals surface area contributed by atoms with Gasteiger partial charge in [0.15, 0.2) is 5.71 Å². The lowest BCUT2D eigenvalue weighted by molar-refractivity contribution is -0.462. The fourth-order valence-electron chi connectivity index (χ4n) is 3.43. The van der Waals surface area contributed by atoms with E-state index in [4.69, 9.17) is 0 Å². The third-order valence-corrected chi connectivity index (χ3v) is 5.28. The molecule has 0 heterocycles. The molecule has 0 N–H and O–H groups in total. The largest absolute Gasteiger partial charge is 1.00 e. The summed E-state index contributed by atoms with van der Waals surface area (Å²) >= 11 is 0. The van der Waals surface area contributed by atoms with Crippen LogP contribution in [-0.4, -0.2) is 59.6 Å². The van der Waals surface area contributed by atoms with Crippen molar-refractivity contribution in [1.29, 1.82) is 0 Å². The second kappa shape index (κ2) is 10.8. The first-order valence-electron chi connectivity index (χ1n) is 10.0. The van der Waals surface area contributed by atoms with E-state index < -0.39 is 0 Å². The molecule has 5 heteroatoms. The molecule has 1 aliphatic carbocycles. The number of rotatable bonds is 4. The van der Waals surface area contributed by atoms with E-state index in [0.29, 0.717) is 0 Å². The average molecular weight is 458 g/mol. The molecular weight excluding hydrogens is 425 g/mol. The molecule has 0 bridgehead atoms. The molecule has 2 aromatic rings. The highest BCUT2D eigenvalue weighted by Gasteiger charge is 2.16. The SMILES string of the molecule is CN(C)c1ccc(C(=C2C=CC(=[N+](C)C)C=C2)c2ccc([N+](C)(C)C)cc2)cc1.[Cl-].[Cl-]. The summed E-state index contributed by atoms with van der Waals surface area (Å²) in [4.78, 5) is 2.13. The Kier molecular flexibility index (Phi) is 9.31. The number of allylic oxidation sites excluding steroid dienone is 5. The van der Waals surface area contributed by atoms with Gasteiger partial charge in [0, 0.05) is 31.9 Å². The topological polar surface area (TPSA) is 6.25 Å². The molecule has 0 atom stereocenters. The van der Waals surface area contributed by atoms with Gasteiger partial charge in [0.25, 0.3) is 0 Å². The molecule has 2 aromatic carbocycles. The summed E-state index contributed by atoms with van der Waals surface area (Å²) in [6, 6.07) is 17.8. The Balaban J connectivity index is 0.00000240. The van der Waals surface area contributed by atoms with Gasteiger partial charge in [-0.15, -0.1) is 0 Å². The van der Waals surface area contributed by atoms with Crippen molar-refractivity contribution in [3.63, 3.8) is 0 Å². The minimum atomic E-state index is 0. The van der Waals surface area contributed by atoms with Gasteiger partial charge in [-0.3, -0.25) is 4.48 Å². The molecule has 0 amide bonds. The first kappa shape index (κ1) is 26.7. The Hall–Kier alpha value is -2.33. The number of hydrogen-bond acceptors (Lipinski definition) is 1. The van der Waals surface area contributed by atoms with Crippen LogP contribution in [0.15, 0.2) is 78.4 Å². The molecule has 0 saturated heterocycles. The van der Waals surface area contributed by atoms with Crippen molar-refractivity contribution in [1.82, 2.24) is 4.48 Å². The average Bonchev–Trinajstić information content (AvgIpc) is 2.69. The van der Waals surface area contributed by atoms with E-state index in [2.05, 4.69) is 132 Å². The van der Waals surface area contributed by atoms with Gasteiger partial charge in [0.05, 0.1) is 21.1 Å². The van der Waals surface area contributed by atoms with Crippen molar-refractivity contribution in [2.24, 2.45) is 0 Å². The molecule has 0 spiro atoms. The lowest BCUT2D eigenvalue weighted by Gasteiger charge is -2.24. The van der Waals surface area contributed by atoms with E-state index in [1.54, 1.807) is 0 Å². The summed E-state index contributed by atoms with van der Waals surface area (Å²) in [6.07, 6.45) is 8.81. The van der Waals surface area contributed by atoms with Crippen LogP contribution in [0.1, 0.15) is 11.1 Å². The minimum Gasteiger partial charge on any atom is -1.00 e. The van der Waals surface area contributed by atoms with E-state index >= 15 is 0 Å². The van der Waals surface area contributed by atoms with Crippen LogP contribution >= 0.6 is 0 Å². The lowest BCUT2D eigenvalue weighted by atomic mass is 9.90. The Morgan fingerprint density at radius 2 is 1.16 bits per heavy atom. The molecule has 0 aliphatic heterocycles. The van der Waals surface area contributed by atoms with E-state index in [1.807, 2.05) is 0 Å². The molecule has 0 saturated carbocycles. The monoisotopic (exact) mass is 457 g/mol. The molecule has 0 fully saturated rings. The quantitative estimate of drug-likeness (QED) is 0.404. The van der Waals surface area contributed by atoms with Gasteiger partial charge in [-0.05, 0) is 70.8 Å². The maximum absolute atomic E-state index is 2.24. The van der Waals surface area contributed by atoms with Gasteiger partial charge in [-0.2, -0.15) is 0 Å². The number of benzene rings is 2. The zero-order valence-corrected chi connectivity index (χ0v) is 21.0.